The third kappa shape index (κ3) is 16.1. The molecule has 0 unspecified atom stereocenters. The zero-order valence-corrected chi connectivity index (χ0v) is 7.87. The molecule has 3 heteroatoms. The molecule has 0 aromatic rings. The monoisotopic (exact) mass is 172 g/mol. The van der Waals surface area contributed by atoms with Crippen LogP contribution in [-0.4, -0.2) is 25.8 Å². The summed E-state index contributed by atoms with van der Waals surface area (Å²) >= 11 is 0. The van der Waals surface area contributed by atoms with Gasteiger partial charge in [0.15, 0.2) is 12.6 Å². The number of rotatable bonds is 4. The molecule has 0 fully saturated rings. The largest absolute Gasteiger partial charge is 0.353 e. The van der Waals surface area contributed by atoms with E-state index in [4.69, 9.17) is 14.3 Å². The first-order chi connectivity index (χ1) is 5.72. The molecule has 12 heavy (non-hydrogen) atoms. The number of carbonyl (C=O) groups is 1. The summed E-state index contributed by atoms with van der Waals surface area (Å²) in [4.78, 5) is 8.94. The van der Waals surface area contributed by atoms with Crippen molar-refractivity contribution in [3.63, 3.8) is 0 Å². The molecule has 0 aliphatic heterocycles. The van der Waals surface area contributed by atoms with E-state index in [9.17, 15) is 0 Å². The first kappa shape index (κ1) is 13.7. The zero-order valence-electron chi connectivity index (χ0n) is 7.87. The minimum atomic E-state index is -0.0370. The lowest BCUT2D eigenvalue weighted by Gasteiger charge is -2.09. The summed E-state index contributed by atoms with van der Waals surface area (Å²) in [6.45, 7) is 7.25. The maximum absolute atomic E-state index is 8.94. The molecular weight excluding hydrogens is 156 g/mol. The van der Waals surface area contributed by atoms with Crippen molar-refractivity contribution in [2.45, 2.75) is 27.1 Å². The van der Waals surface area contributed by atoms with Gasteiger partial charge in [-0.1, -0.05) is 0 Å². The first-order valence-electron chi connectivity index (χ1n) is 3.85. The Bertz CT molecular complexity index is 120. The maximum Gasteiger partial charge on any atom is 0.192 e. The van der Waals surface area contributed by atoms with Crippen molar-refractivity contribution in [1.82, 2.24) is 0 Å². The molecular formula is C9H16O3. The lowest BCUT2D eigenvalue weighted by molar-refractivity contribution is -0.123. The van der Waals surface area contributed by atoms with Crippen LogP contribution in [-0.2, 0) is 14.3 Å². The van der Waals surface area contributed by atoms with Crippen LogP contribution < -0.4 is 0 Å². The van der Waals surface area contributed by atoms with Crippen molar-refractivity contribution in [3.05, 3.63) is 0 Å². The molecule has 0 saturated carbocycles. The molecule has 0 N–H and O–H groups in total. The summed E-state index contributed by atoms with van der Waals surface area (Å²) in [5, 5.41) is 0. The van der Waals surface area contributed by atoms with Gasteiger partial charge in [0, 0.05) is 13.2 Å². The van der Waals surface area contributed by atoms with E-state index in [0.29, 0.717) is 6.29 Å². The van der Waals surface area contributed by atoms with E-state index in [1.165, 1.54) is 0 Å². The second kappa shape index (κ2) is 12.8. The fraction of sp³-hybridized carbons (Fsp3) is 0.667. The lowest BCUT2D eigenvalue weighted by Crippen LogP contribution is -2.11. The average Bonchev–Trinajstić information content (AvgIpc) is 2.06. The van der Waals surface area contributed by atoms with Crippen LogP contribution in [0.5, 0.6) is 0 Å². The van der Waals surface area contributed by atoms with Gasteiger partial charge in [0.05, 0.1) is 0 Å². The van der Waals surface area contributed by atoms with Gasteiger partial charge >= 0.3 is 0 Å². The van der Waals surface area contributed by atoms with Crippen LogP contribution in [0.4, 0.5) is 0 Å². The van der Waals surface area contributed by atoms with E-state index in [0.717, 1.165) is 13.2 Å². The van der Waals surface area contributed by atoms with Gasteiger partial charge in [-0.3, -0.25) is 4.79 Å². The van der Waals surface area contributed by atoms with Gasteiger partial charge < -0.3 is 9.47 Å². The number of hydrogen-bond acceptors (Lipinski definition) is 3. The van der Waals surface area contributed by atoms with Gasteiger partial charge in [-0.15, -0.1) is 6.42 Å². The van der Waals surface area contributed by atoms with Crippen LogP contribution in [0.3, 0.4) is 0 Å². The predicted molar refractivity (Wildman–Crippen MR) is 47.6 cm³/mol. The smallest absolute Gasteiger partial charge is 0.192 e. The summed E-state index contributed by atoms with van der Waals surface area (Å²) < 4.78 is 10.1. The van der Waals surface area contributed by atoms with Gasteiger partial charge in [0.1, 0.15) is 0 Å². The molecule has 0 spiro atoms. The summed E-state index contributed by atoms with van der Waals surface area (Å²) in [7, 11) is 0. The van der Waals surface area contributed by atoms with Crippen LogP contribution in [0.15, 0.2) is 0 Å². The second-order valence-corrected chi connectivity index (χ2v) is 1.76. The van der Waals surface area contributed by atoms with E-state index in [1.807, 2.05) is 20.8 Å². The number of terminal acetylenes is 1. The molecule has 0 amide bonds. The minimum absolute atomic E-state index is 0.0370. The molecule has 0 aromatic heterocycles. The molecule has 0 bridgehead atoms. The standard InChI is InChI=1S/C6H14O2.C3H2O/c1-4-7-6(3)8-5-2;1-2-3-4/h6H,4-5H2,1-3H3;1,3H. The Morgan fingerprint density at radius 1 is 1.42 bits per heavy atom. The number of aldehydes is 1. The normalized spacial score (nSPS) is 8.25. The molecule has 0 saturated heterocycles. The molecule has 0 heterocycles. The highest BCUT2D eigenvalue weighted by Gasteiger charge is 1.94. The zero-order chi connectivity index (χ0) is 9.82. The molecule has 0 rings (SSSR count). The van der Waals surface area contributed by atoms with Gasteiger partial charge in [0.2, 0.25) is 0 Å². The van der Waals surface area contributed by atoms with Crippen molar-refractivity contribution in [1.29, 1.82) is 0 Å². The third-order valence-electron chi connectivity index (χ3n) is 0.871. The molecule has 0 atom stereocenters. The Kier molecular flexibility index (Phi) is 14.6. The highest BCUT2D eigenvalue weighted by atomic mass is 16.7. The lowest BCUT2D eigenvalue weighted by atomic mass is 10.7. The van der Waals surface area contributed by atoms with Crippen LogP contribution in [0.1, 0.15) is 20.8 Å². The number of hydrogen-bond donors (Lipinski definition) is 0. The van der Waals surface area contributed by atoms with Crippen molar-refractivity contribution >= 4 is 6.29 Å². The first-order valence-corrected chi connectivity index (χ1v) is 3.85. The Labute approximate surface area is 74.1 Å². The fourth-order valence-electron chi connectivity index (χ4n) is 0.518. The maximum atomic E-state index is 8.94. The van der Waals surface area contributed by atoms with Crippen molar-refractivity contribution < 1.29 is 14.3 Å². The quantitative estimate of drug-likeness (QED) is 0.363. The van der Waals surface area contributed by atoms with E-state index in [2.05, 4.69) is 6.42 Å². The van der Waals surface area contributed by atoms with Crippen LogP contribution >= 0.6 is 0 Å². The van der Waals surface area contributed by atoms with Crippen molar-refractivity contribution in [3.8, 4) is 12.3 Å². The fourth-order valence-corrected chi connectivity index (χ4v) is 0.518. The van der Waals surface area contributed by atoms with Gasteiger partial charge in [-0.05, 0) is 26.7 Å². The van der Waals surface area contributed by atoms with E-state index < -0.39 is 0 Å². The average molecular weight is 172 g/mol. The Morgan fingerprint density at radius 2 is 1.75 bits per heavy atom. The van der Waals surface area contributed by atoms with E-state index in [-0.39, 0.29) is 6.29 Å². The van der Waals surface area contributed by atoms with Gasteiger partial charge in [-0.25, -0.2) is 0 Å². The summed E-state index contributed by atoms with van der Waals surface area (Å²) in [5.41, 5.74) is 0. The topological polar surface area (TPSA) is 35.5 Å². The van der Waals surface area contributed by atoms with Crippen molar-refractivity contribution in [2.75, 3.05) is 13.2 Å². The molecule has 0 aliphatic rings. The molecule has 0 aromatic carbocycles. The number of carbonyl (C=O) groups excluding carboxylic acids is 1. The minimum Gasteiger partial charge on any atom is -0.353 e. The van der Waals surface area contributed by atoms with Crippen LogP contribution in [0.2, 0.25) is 0 Å². The van der Waals surface area contributed by atoms with Crippen LogP contribution in [0, 0.1) is 12.3 Å². The molecule has 0 aliphatic carbocycles. The Balaban J connectivity index is 0. The van der Waals surface area contributed by atoms with Crippen molar-refractivity contribution in [2.24, 2.45) is 0 Å². The summed E-state index contributed by atoms with van der Waals surface area (Å²) in [6, 6.07) is 0. The van der Waals surface area contributed by atoms with Gasteiger partial charge in [0.25, 0.3) is 0 Å². The Hall–Kier alpha value is -0.850. The molecule has 3 nitrogen and oxygen atoms in total. The van der Waals surface area contributed by atoms with E-state index >= 15 is 0 Å². The molecule has 70 valence electrons. The number of ether oxygens (including phenoxy) is 2. The summed E-state index contributed by atoms with van der Waals surface area (Å²) in [5.74, 6) is 1.75. The molecule has 0 radical (unpaired) electrons. The highest BCUT2D eigenvalue weighted by molar-refractivity contribution is 5.71. The van der Waals surface area contributed by atoms with Gasteiger partial charge in [-0.2, -0.15) is 0 Å². The predicted octanol–water partition coefficient (Wildman–Crippen LogP) is 1.22. The third-order valence-corrected chi connectivity index (χ3v) is 0.871. The Morgan fingerprint density at radius 3 is 1.92 bits per heavy atom. The van der Waals surface area contributed by atoms with Crippen LogP contribution in [0.25, 0.3) is 0 Å². The summed E-state index contributed by atoms with van der Waals surface area (Å²) in [6.07, 6.45) is 4.78. The van der Waals surface area contributed by atoms with E-state index in [1.54, 1.807) is 5.92 Å². The highest BCUT2D eigenvalue weighted by Crippen LogP contribution is 1.90. The second-order valence-electron chi connectivity index (χ2n) is 1.76. The SMILES string of the molecule is C#CC=O.CCOC(C)OCC.